The van der Waals surface area contributed by atoms with E-state index in [9.17, 15) is 0 Å². The van der Waals surface area contributed by atoms with E-state index >= 15 is 0 Å². The highest BCUT2D eigenvalue weighted by molar-refractivity contribution is 5.66. The number of benzene rings is 1. The maximum atomic E-state index is 3.90. The van der Waals surface area contributed by atoms with E-state index in [-0.39, 0.29) is 0 Å². The summed E-state index contributed by atoms with van der Waals surface area (Å²) in [5.74, 6) is 0. The van der Waals surface area contributed by atoms with E-state index < -0.39 is 0 Å². The maximum absolute atomic E-state index is 3.90. The Morgan fingerprint density at radius 1 is 1.46 bits per heavy atom. The summed E-state index contributed by atoms with van der Waals surface area (Å²) in [6.07, 6.45) is 2.77. The fourth-order valence-electron chi connectivity index (χ4n) is 1.07. The van der Waals surface area contributed by atoms with Crippen molar-refractivity contribution in [3.63, 3.8) is 0 Å². The molecular formula is C12H15N. The number of rotatable bonds is 4. The highest BCUT2D eigenvalue weighted by atomic mass is 14.9. The largest absolute Gasteiger partial charge is 0.359 e. The molecule has 0 radical (unpaired) electrons. The minimum Gasteiger partial charge on any atom is -0.359 e. The van der Waals surface area contributed by atoms with Crippen LogP contribution in [0.25, 0.3) is 6.08 Å². The minimum absolute atomic E-state index is 0.936. The topological polar surface area (TPSA) is 12.0 Å². The Balaban J connectivity index is 2.87. The Kier molecular flexibility index (Phi) is 3.32. The van der Waals surface area contributed by atoms with Crippen LogP contribution in [-0.2, 0) is 0 Å². The first kappa shape index (κ1) is 9.59. The number of hydrogen-bond acceptors (Lipinski definition) is 1. The van der Waals surface area contributed by atoms with E-state index in [1.165, 1.54) is 0 Å². The summed E-state index contributed by atoms with van der Waals surface area (Å²) in [6.45, 7) is 9.73. The fourth-order valence-corrected chi connectivity index (χ4v) is 1.07. The van der Waals surface area contributed by atoms with E-state index in [4.69, 9.17) is 0 Å². The summed E-state index contributed by atoms with van der Waals surface area (Å²) in [5.41, 5.74) is 3.20. The molecule has 1 rings (SSSR count). The van der Waals surface area contributed by atoms with Gasteiger partial charge in [0.05, 0.1) is 0 Å². The predicted octanol–water partition coefficient (Wildman–Crippen LogP) is 3.67. The van der Waals surface area contributed by atoms with Crippen molar-refractivity contribution in [1.29, 1.82) is 0 Å². The molecule has 1 N–H and O–H groups in total. The molecule has 1 heteroatoms. The van der Waals surface area contributed by atoms with Crippen LogP contribution in [0.1, 0.15) is 18.9 Å². The van der Waals surface area contributed by atoms with Gasteiger partial charge in [-0.1, -0.05) is 44.4 Å². The second-order valence-electron chi connectivity index (χ2n) is 2.87. The SMILES string of the molecule is C=Cc1ccccc1NC(=C)CC. The highest BCUT2D eigenvalue weighted by Crippen LogP contribution is 2.18. The van der Waals surface area contributed by atoms with Gasteiger partial charge in [0.25, 0.3) is 0 Å². The van der Waals surface area contributed by atoms with Crippen molar-refractivity contribution < 1.29 is 0 Å². The zero-order chi connectivity index (χ0) is 9.68. The lowest BCUT2D eigenvalue weighted by Gasteiger charge is -2.09. The molecule has 1 nitrogen and oxygen atoms in total. The fraction of sp³-hybridized carbons (Fsp3) is 0.167. The smallest absolute Gasteiger partial charge is 0.0455 e. The Hall–Kier alpha value is -1.50. The minimum atomic E-state index is 0.936. The molecule has 0 saturated carbocycles. The van der Waals surface area contributed by atoms with Gasteiger partial charge in [-0.3, -0.25) is 0 Å². The number of anilines is 1. The molecule has 0 amide bonds. The third-order valence-electron chi connectivity index (χ3n) is 1.92. The van der Waals surface area contributed by atoms with Crippen LogP contribution in [0.15, 0.2) is 43.1 Å². The van der Waals surface area contributed by atoms with Gasteiger partial charge < -0.3 is 5.32 Å². The van der Waals surface area contributed by atoms with Crippen LogP contribution in [0.5, 0.6) is 0 Å². The zero-order valence-electron chi connectivity index (χ0n) is 8.01. The molecule has 0 aromatic heterocycles. The molecule has 1 aromatic carbocycles. The summed E-state index contributed by atoms with van der Waals surface area (Å²) in [6, 6.07) is 8.05. The molecule has 0 unspecified atom stereocenters. The molecule has 0 atom stereocenters. The van der Waals surface area contributed by atoms with E-state index in [0.29, 0.717) is 0 Å². The highest BCUT2D eigenvalue weighted by Gasteiger charge is 1.97. The molecule has 0 aliphatic carbocycles. The van der Waals surface area contributed by atoms with Crippen molar-refractivity contribution in [2.75, 3.05) is 5.32 Å². The van der Waals surface area contributed by atoms with Gasteiger partial charge in [-0.2, -0.15) is 0 Å². The van der Waals surface area contributed by atoms with Crippen LogP contribution < -0.4 is 5.32 Å². The van der Waals surface area contributed by atoms with Crippen molar-refractivity contribution >= 4 is 11.8 Å². The number of nitrogens with one attached hydrogen (secondary N) is 1. The molecule has 68 valence electrons. The van der Waals surface area contributed by atoms with Crippen molar-refractivity contribution in [2.24, 2.45) is 0 Å². The first-order valence-corrected chi connectivity index (χ1v) is 4.44. The Labute approximate surface area is 79.8 Å². The number of para-hydroxylation sites is 1. The van der Waals surface area contributed by atoms with E-state index in [1.807, 2.05) is 30.3 Å². The lowest BCUT2D eigenvalue weighted by molar-refractivity contribution is 1.11. The van der Waals surface area contributed by atoms with Gasteiger partial charge in [0, 0.05) is 11.4 Å². The van der Waals surface area contributed by atoms with Crippen molar-refractivity contribution in [1.82, 2.24) is 0 Å². The van der Waals surface area contributed by atoms with Crippen molar-refractivity contribution in [2.45, 2.75) is 13.3 Å². The van der Waals surface area contributed by atoms with Crippen LogP contribution in [0.4, 0.5) is 5.69 Å². The molecule has 0 aliphatic rings. The van der Waals surface area contributed by atoms with Crippen LogP contribution in [0, 0.1) is 0 Å². The molecule has 1 aromatic rings. The molecule has 0 saturated heterocycles. The van der Waals surface area contributed by atoms with Crippen LogP contribution in [-0.4, -0.2) is 0 Å². The third-order valence-corrected chi connectivity index (χ3v) is 1.92. The van der Waals surface area contributed by atoms with Gasteiger partial charge in [0.2, 0.25) is 0 Å². The van der Waals surface area contributed by atoms with Crippen molar-refractivity contribution in [3.05, 3.63) is 48.7 Å². The monoisotopic (exact) mass is 173 g/mol. The normalized spacial score (nSPS) is 9.31. The van der Waals surface area contributed by atoms with Gasteiger partial charge in [0.1, 0.15) is 0 Å². The standard InChI is InChI=1S/C12H15N/c1-4-10(3)13-12-9-7-6-8-11(12)5-2/h5-9,13H,2-4H2,1H3. The maximum Gasteiger partial charge on any atom is 0.0455 e. The average Bonchev–Trinajstić information content (AvgIpc) is 2.18. The Morgan fingerprint density at radius 3 is 2.77 bits per heavy atom. The molecule has 0 aliphatic heterocycles. The first-order chi connectivity index (χ1) is 6.27. The predicted molar refractivity (Wildman–Crippen MR) is 59.6 cm³/mol. The molecule has 0 bridgehead atoms. The second kappa shape index (κ2) is 4.51. The van der Waals surface area contributed by atoms with Gasteiger partial charge in [-0.25, -0.2) is 0 Å². The summed E-state index contributed by atoms with van der Waals surface area (Å²) in [7, 11) is 0. The molecular weight excluding hydrogens is 158 g/mol. The first-order valence-electron chi connectivity index (χ1n) is 4.44. The summed E-state index contributed by atoms with van der Waals surface area (Å²) >= 11 is 0. The average molecular weight is 173 g/mol. The van der Waals surface area contributed by atoms with Gasteiger partial charge in [-0.15, -0.1) is 0 Å². The summed E-state index contributed by atoms with van der Waals surface area (Å²) < 4.78 is 0. The van der Waals surface area contributed by atoms with Crippen LogP contribution in [0.3, 0.4) is 0 Å². The lowest BCUT2D eigenvalue weighted by Crippen LogP contribution is -1.97. The second-order valence-corrected chi connectivity index (χ2v) is 2.87. The van der Waals surface area contributed by atoms with E-state index in [0.717, 1.165) is 23.4 Å². The number of hydrogen-bond donors (Lipinski definition) is 1. The molecule has 0 spiro atoms. The van der Waals surface area contributed by atoms with E-state index in [2.05, 4.69) is 25.4 Å². The third kappa shape index (κ3) is 2.48. The number of allylic oxidation sites excluding steroid dienone is 1. The quantitative estimate of drug-likeness (QED) is 0.732. The van der Waals surface area contributed by atoms with Crippen molar-refractivity contribution in [3.8, 4) is 0 Å². The molecule has 13 heavy (non-hydrogen) atoms. The summed E-state index contributed by atoms with van der Waals surface area (Å²) in [4.78, 5) is 0. The van der Waals surface area contributed by atoms with Gasteiger partial charge >= 0.3 is 0 Å². The van der Waals surface area contributed by atoms with Gasteiger partial charge in [-0.05, 0) is 18.1 Å². The Morgan fingerprint density at radius 2 is 2.15 bits per heavy atom. The molecule has 0 heterocycles. The van der Waals surface area contributed by atoms with Crippen LogP contribution in [0.2, 0.25) is 0 Å². The van der Waals surface area contributed by atoms with Crippen LogP contribution >= 0.6 is 0 Å². The summed E-state index contributed by atoms with van der Waals surface area (Å²) in [5, 5.41) is 3.25. The molecule has 0 fully saturated rings. The Bertz CT molecular complexity index is 313. The lowest BCUT2D eigenvalue weighted by atomic mass is 10.1. The van der Waals surface area contributed by atoms with E-state index in [1.54, 1.807) is 0 Å². The van der Waals surface area contributed by atoms with Gasteiger partial charge in [0.15, 0.2) is 0 Å². The zero-order valence-corrected chi connectivity index (χ0v) is 8.01.